The molecular formula is C26H28N6O4. The lowest BCUT2D eigenvalue weighted by atomic mass is 9.93. The van der Waals surface area contributed by atoms with Crippen molar-refractivity contribution < 1.29 is 18.8 Å². The topological polar surface area (TPSA) is 131 Å². The summed E-state index contributed by atoms with van der Waals surface area (Å²) in [4.78, 5) is 28.5. The normalized spacial score (nSPS) is 17.7. The van der Waals surface area contributed by atoms with Gasteiger partial charge in [-0.3, -0.25) is 9.59 Å². The van der Waals surface area contributed by atoms with Gasteiger partial charge in [0.2, 0.25) is 17.6 Å². The van der Waals surface area contributed by atoms with Crippen molar-refractivity contribution in [3.05, 3.63) is 65.4 Å². The zero-order chi connectivity index (χ0) is 24.7. The van der Waals surface area contributed by atoms with E-state index in [4.69, 9.17) is 9.26 Å². The molecule has 0 fully saturated rings. The Bertz CT molecular complexity index is 1260. The third-order valence-electron chi connectivity index (χ3n) is 6.24. The summed E-state index contributed by atoms with van der Waals surface area (Å²) in [6.07, 6.45) is 11.6. The largest absolute Gasteiger partial charge is 0.493 e. The van der Waals surface area contributed by atoms with Crippen LogP contribution in [-0.4, -0.2) is 41.7 Å². The van der Waals surface area contributed by atoms with Crippen molar-refractivity contribution in [1.82, 2.24) is 20.8 Å². The van der Waals surface area contributed by atoms with Crippen LogP contribution >= 0.6 is 0 Å². The van der Waals surface area contributed by atoms with E-state index in [1.165, 1.54) is 0 Å². The molecule has 5 rings (SSSR count). The van der Waals surface area contributed by atoms with Gasteiger partial charge in [-0.25, -0.2) is 0 Å². The van der Waals surface area contributed by atoms with E-state index < -0.39 is 0 Å². The van der Waals surface area contributed by atoms with E-state index in [1.54, 1.807) is 0 Å². The number of allylic oxidation sites excluding steroid dienone is 3. The molecule has 2 aromatic rings. The molecule has 2 aliphatic heterocycles. The van der Waals surface area contributed by atoms with Gasteiger partial charge in [0.15, 0.2) is 5.82 Å². The highest BCUT2D eigenvalue weighted by molar-refractivity contribution is 5.86. The van der Waals surface area contributed by atoms with Gasteiger partial charge in [0.25, 0.3) is 5.91 Å². The first-order valence-electron chi connectivity index (χ1n) is 12.3. The molecule has 186 valence electrons. The van der Waals surface area contributed by atoms with Gasteiger partial charge in [-0.2, -0.15) is 4.98 Å². The Hall–Kier alpha value is -4.08. The lowest BCUT2D eigenvalue weighted by Gasteiger charge is -2.20. The quantitative estimate of drug-likeness (QED) is 0.463. The third-order valence-corrected chi connectivity index (χ3v) is 6.24. The molecule has 2 amide bonds. The molecule has 1 unspecified atom stereocenters. The first-order valence-corrected chi connectivity index (χ1v) is 12.3. The van der Waals surface area contributed by atoms with Gasteiger partial charge >= 0.3 is 0 Å². The average Bonchev–Trinajstić information content (AvgIpc) is 3.57. The number of hydrogen-bond acceptors (Lipinski definition) is 8. The van der Waals surface area contributed by atoms with Crippen LogP contribution in [0.15, 0.2) is 68.6 Å². The fourth-order valence-electron chi connectivity index (χ4n) is 4.31. The number of nitrogens with one attached hydrogen (secondary N) is 2. The van der Waals surface area contributed by atoms with Gasteiger partial charge < -0.3 is 19.9 Å². The summed E-state index contributed by atoms with van der Waals surface area (Å²) in [5, 5.41) is 18.0. The molecule has 0 saturated carbocycles. The van der Waals surface area contributed by atoms with E-state index in [2.05, 4.69) is 31.0 Å². The number of rotatable bonds is 11. The molecule has 1 aliphatic carbocycles. The van der Waals surface area contributed by atoms with Gasteiger partial charge in [0.05, 0.1) is 12.5 Å². The first kappa shape index (κ1) is 23.7. The van der Waals surface area contributed by atoms with E-state index in [-0.39, 0.29) is 17.7 Å². The van der Waals surface area contributed by atoms with Crippen molar-refractivity contribution in [2.45, 2.75) is 38.5 Å². The van der Waals surface area contributed by atoms with Crippen molar-refractivity contribution in [2.24, 2.45) is 16.1 Å². The number of amides is 2. The molecule has 10 nitrogen and oxygen atoms in total. The number of nitrogens with zero attached hydrogens (tertiary/aromatic N) is 4. The fourth-order valence-corrected chi connectivity index (χ4v) is 4.31. The minimum absolute atomic E-state index is 0.00724. The highest BCUT2D eigenvalue weighted by Crippen LogP contribution is 2.29. The molecule has 0 saturated heterocycles. The summed E-state index contributed by atoms with van der Waals surface area (Å²) in [6.45, 7) is 1.99. The van der Waals surface area contributed by atoms with E-state index in [9.17, 15) is 9.59 Å². The summed E-state index contributed by atoms with van der Waals surface area (Å²) in [7, 11) is 0. The minimum Gasteiger partial charge on any atom is -0.493 e. The number of carbonyl (C=O) groups excluding carboxylic acids is 2. The smallest absolute Gasteiger partial charge is 0.276 e. The van der Waals surface area contributed by atoms with Crippen molar-refractivity contribution in [1.29, 1.82) is 0 Å². The number of benzene rings is 1. The summed E-state index contributed by atoms with van der Waals surface area (Å²) < 4.78 is 10.9. The second-order valence-electron chi connectivity index (χ2n) is 8.83. The number of hydrogen-bond donors (Lipinski definition) is 2. The van der Waals surface area contributed by atoms with Crippen LogP contribution in [0.3, 0.4) is 0 Å². The van der Waals surface area contributed by atoms with Crippen LogP contribution in [0.5, 0.6) is 5.75 Å². The van der Waals surface area contributed by atoms with Crippen LogP contribution in [0, 0.1) is 5.92 Å². The summed E-state index contributed by atoms with van der Waals surface area (Å²) in [5.74, 6) is 2.07. The molecule has 10 heteroatoms. The Labute approximate surface area is 208 Å². The lowest BCUT2D eigenvalue weighted by molar-refractivity contribution is -0.121. The zero-order valence-electron chi connectivity index (χ0n) is 19.9. The number of azo groups is 1. The van der Waals surface area contributed by atoms with Gasteiger partial charge in [0.1, 0.15) is 5.75 Å². The first-order chi connectivity index (χ1) is 17.7. The van der Waals surface area contributed by atoms with Gasteiger partial charge in [-0.1, -0.05) is 29.5 Å². The maximum atomic E-state index is 12.2. The average molecular weight is 489 g/mol. The van der Waals surface area contributed by atoms with Crippen molar-refractivity contribution >= 4 is 11.8 Å². The molecule has 1 atom stereocenters. The Morgan fingerprint density at radius 3 is 2.97 bits per heavy atom. The Morgan fingerprint density at radius 1 is 1.11 bits per heavy atom. The highest BCUT2D eigenvalue weighted by Gasteiger charge is 2.27. The number of ether oxygens (including phenoxy) is 1. The Balaban J connectivity index is 0.966. The molecule has 0 bridgehead atoms. The van der Waals surface area contributed by atoms with Crippen LogP contribution in [0.4, 0.5) is 0 Å². The van der Waals surface area contributed by atoms with Crippen LogP contribution in [-0.2, 0) is 22.4 Å². The molecule has 36 heavy (non-hydrogen) atoms. The summed E-state index contributed by atoms with van der Waals surface area (Å²) >= 11 is 0. The van der Waals surface area contributed by atoms with E-state index in [1.807, 2.05) is 42.5 Å². The number of aromatic nitrogens is 2. The molecule has 2 N–H and O–H groups in total. The van der Waals surface area contributed by atoms with Crippen molar-refractivity contribution in [2.75, 3.05) is 19.7 Å². The maximum absolute atomic E-state index is 12.2. The van der Waals surface area contributed by atoms with Crippen LogP contribution in [0.1, 0.15) is 37.1 Å². The van der Waals surface area contributed by atoms with E-state index in [0.717, 1.165) is 41.7 Å². The molecular weight excluding hydrogens is 460 g/mol. The van der Waals surface area contributed by atoms with Gasteiger partial charge in [0, 0.05) is 43.5 Å². The van der Waals surface area contributed by atoms with Gasteiger partial charge in [-0.05, 0) is 43.0 Å². The second kappa shape index (κ2) is 11.1. The third kappa shape index (κ3) is 5.59. The monoisotopic (exact) mass is 488 g/mol. The second-order valence-corrected chi connectivity index (χ2v) is 8.83. The zero-order valence-corrected chi connectivity index (χ0v) is 19.9. The maximum Gasteiger partial charge on any atom is 0.276 e. The Morgan fingerprint density at radius 2 is 2.03 bits per heavy atom. The predicted molar refractivity (Wildman–Crippen MR) is 131 cm³/mol. The van der Waals surface area contributed by atoms with Crippen LogP contribution < -0.4 is 15.4 Å². The van der Waals surface area contributed by atoms with E-state index >= 15 is 0 Å². The highest BCUT2D eigenvalue weighted by atomic mass is 16.5. The SMILES string of the molecule is O=C(CCCc1nc(-c2ccc3c(c2)CCO3)no1)NCCCCNC1=C2C=CC=CC2C(=O)N=N1. The lowest BCUT2D eigenvalue weighted by Crippen LogP contribution is -2.26. The number of carbonyl (C=O) groups is 2. The number of unbranched alkanes of at least 4 members (excludes halogenated alkanes) is 1. The molecule has 3 heterocycles. The summed E-state index contributed by atoms with van der Waals surface area (Å²) in [6, 6.07) is 5.91. The van der Waals surface area contributed by atoms with Gasteiger partial charge in [-0.15, -0.1) is 10.2 Å². The fraction of sp³-hybridized carbons (Fsp3) is 0.385. The standard InChI is InChI=1S/C26H28N6O4/c33-22(27-13-3-4-14-28-25-19-6-1-2-7-20(19)26(34)31-30-25)8-5-9-23-29-24(32-36-23)18-10-11-21-17(16-18)12-15-35-21/h1-2,6-7,10-11,16,20,28H,3-5,8-9,12-15H2,(H,27,33). The van der Waals surface area contributed by atoms with E-state index in [0.29, 0.717) is 56.5 Å². The summed E-state index contributed by atoms with van der Waals surface area (Å²) in [5.41, 5.74) is 2.92. The molecule has 1 aromatic carbocycles. The number of fused-ring (bicyclic) bond motifs is 2. The molecule has 1 aromatic heterocycles. The van der Waals surface area contributed by atoms with Crippen molar-refractivity contribution in [3.63, 3.8) is 0 Å². The van der Waals surface area contributed by atoms with Crippen LogP contribution in [0.2, 0.25) is 0 Å². The Kier molecular flexibility index (Phi) is 7.30. The molecule has 0 radical (unpaired) electrons. The predicted octanol–water partition coefficient (Wildman–Crippen LogP) is 3.43. The molecule has 3 aliphatic rings. The van der Waals surface area contributed by atoms with Crippen LogP contribution in [0.25, 0.3) is 11.4 Å². The minimum atomic E-state index is -0.345. The number of aryl methyl sites for hydroxylation is 1. The van der Waals surface area contributed by atoms with Crippen molar-refractivity contribution in [3.8, 4) is 17.1 Å². The molecule has 0 spiro atoms.